The highest BCUT2D eigenvalue weighted by Crippen LogP contribution is 2.18. The Kier molecular flexibility index (Phi) is 51.0. The number of unbranched alkanes of at least 4 members (excludes halogenated alkanes) is 37. The van der Waals surface area contributed by atoms with Crippen LogP contribution in [0, 0.1) is 0 Å². The second-order valence-electron chi connectivity index (χ2n) is 19.7. The third kappa shape index (κ3) is 46.9. The Morgan fingerprint density at radius 2 is 0.797 bits per heavy atom. The van der Waals surface area contributed by atoms with E-state index in [9.17, 15) is 19.8 Å². The summed E-state index contributed by atoms with van der Waals surface area (Å²) in [6, 6.07) is -0.711. The van der Waals surface area contributed by atoms with Crippen LogP contribution in [0.15, 0.2) is 24.3 Å². The summed E-state index contributed by atoms with van der Waals surface area (Å²) in [5.74, 6) is -0.503. The molecule has 0 spiro atoms. The number of carbonyl (C=O) groups is 2. The molecule has 3 atom stereocenters. The van der Waals surface area contributed by atoms with Gasteiger partial charge in [-0.2, -0.15) is 0 Å². The first-order valence-corrected chi connectivity index (χ1v) is 28.6. The molecule has 0 aromatic heterocycles. The molecule has 0 heterocycles. The Morgan fingerprint density at radius 3 is 1.19 bits per heavy atom. The van der Waals surface area contributed by atoms with Gasteiger partial charge < -0.3 is 20.3 Å². The molecule has 0 fully saturated rings. The lowest BCUT2D eigenvalue weighted by Gasteiger charge is -2.24. The van der Waals surface area contributed by atoms with Gasteiger partial charge >= 0.3 is 5.97 Å². The molecular formula is C58H111NO5. The number of allylic oxidation sites excluding steroid dienone is 4. The standard InChI is InChI=1S/C58H111NO5/c1-4-7-10-13-16-19-22-25-27-28-29-30-31-33-36-39-42-45-48-51-58(63)64-54(49-46-43-40-37-34-32-26-23-20-17-14-11-8-5-2)52-57(62)59-55(53-60)56(61)50-47-44-41-38-35-24-21-18-15-12-9-6-3/h32,34,37,40,54-56,60-61H,4-31,33,35-36,38-39,41-53H2,1-3H3,(H,59,62)/b34-32+,40-37+. The number of aliphatic hydroxyl groups excluding tert-OH is 2. The number of aliphatic hydroxyl groups is 2. The third-order valence-electron chi connectivity index (χ3n) is 13.3. The van der Waals surface area contributed by atoms with Gasteiger partial charge in [-0.1, -0.05) is 276 Å². The number of hydrogen-bond acceptors (Lipinski definition) is 5. The van der Waals surface area contributed by atoms with E-state index in [4.69, 9.17) is 4.74 Å². The molecule has 3 N–H and O–H groups in total. The van der Waals surface area contributed by atoms with Gasteiger partial charge in [0.1, 0.15) is 6.10 Å². The average Bonchev–Trinajstić information content (AvgIpc) is 3.29. The van der Waals surface area contributed by atoms with E-state index in [0.29, 0.717) is 19.3 Å². The van der Waals surface area contributed by atoms with Crippen molar-refractivity contribution < 1.29 is 24.5 Å². The molecule has 0 radical (unpaired) electrons. The van der Waals surface area contributed by atoms with E-state index in [2.05, 4.69) is 50.4 Å². The molecule has 3 unspecified atom stereocenters. The summed E-state index contributed by atoms with van der Waals surface area (Å²) in [6.45, 7) is 6.50. The van der Waals surface area contributed by atoms with Gasteiger partial charge in [0.05, 0.1) is 25.2 Å². The number of rotatable bonds is 52. The van der Waals surface area contributed by atoms with Crippen LogP contribution in [0.25, 0.3) is 0 Å². The van der Waals surface area contributed by atoms with Crippen molar-refractivity contribution in [3.8, 4) is 0 Å². The second kappa shape index (κ2) is 52.3. The van der Waals surface area contributed by atoms with E-state index < -0.39 is 18.2 Å². The molecule has 0 saturated heterocycles. The van der Waals surface area contributed by atoms with Crippen LogP contribution in [0.2, 0.25) is 0 Å². The molecule has 0 aliphatic heterocycles. The van der Waals surface area contributed by atoms with Crippen LogP contribution in [0.1, 0.15) is 310 Å². The minimum absolute atomic E-state index is 0.0504. The van der Waals surface area contributed by atoms with Crippen LogP contribution >= 0.6 is 0 Å². The molecule has 0 saturated carbocycles. The third-order valence-corrected chi connectivity index (χ3v) is 13.3. The average molecular weight is 903 g/mol. The van der Waals surface area contributed by atoms with Crippen LogP contribution in [0.3, 0.4) is 0 Å². The molecule has 0 aromatic carbocycles. The molecule has 0 aliphatic carbocycles. The van der Waals surface area contributed by atoms with E-state index >= 15 is 0 Å². The maximum absolute atomic E-state index is 13.2. The quantitative estimate of drug-likeness (QED) is 0.0321. The van der Waals surface area contributed by atoms with Gasteiger partial charge in [0, 0.05) is 6.42 Å². The fourth-order valence-electron chi connectivity index (χ4n) is 8.96. The Balaban J connectivity index is 4.53. The van der Waals surface area contributed by atoms with Crippen molar-refractivity contribution in [2.45, 2.75) is 328 Å². The predicted molar refractivity (Wildman–Crippen MR) is 278 cm³/mol. The van der Waals surface area contributed by atoms with Crippen molar-refractivity contribution in [2.75, 3.05) is 6.61 Å². The zero-order valence-corrected chi connectivity index (χ0v) is 43.2. The van der Waals surface area contributed by atoms with Crippen LogP contribution in [-0.4, -0.2) is 46.9 Å². The zero-order valence-electron chi connectivity index (χ0n) is 43.2. The van der Waals surface area contributed by atoms with E-state index in [-0.39, 0.29) is 24.9 Å². The molecule has 0 bridgehead atoms. The summed E-state index contributed by atoms with van der Waals surface area (Å²) >= 11 is 0. The summed E-state index contributed by atoms with van der Waals surface area (Å²) in [5, 5.41) is 23.8. The number of hydrogen-bond donors (Lipinski definition) is 3. The van der Waals surface area contributed by atoms with Crippen molar-refractivity contribution >= 4 is 11.9 Å². The van der Waals surface area contributed by atoms with Gasteiger partial charge in [0.15, 0.2) is 0 Å². The maximum Gasteiger partial charge on any atom is 0.306 e. The van der Waals surface area contributed by atoms with Gasteiger partial charge in [-0.3, -0.25) is 9.59 Å². The normalized spacial score (nSPS) is 13.3. The molecule has 6 heteroatoms. The Morgan fingerprint density at radius 1 is 0.453 bits per heavy atom. The number of carbonyl (C=O) groups excluding carboxylic acids is 2. The molecular weight excluding hydrogens is 791 g/mol. The summed E-state index contributed by atoms with van der Waals surface area (Å²) < 4.78 is 5.93. The summed E-state index contributed by atoms with van der Waals surface area (Å²) in [7, 11) is 0. The van der Waals surface area contributed by atoms with Crippen LogP contribution in [0.4, 0.5) is 0 Å². The summed E-state index contributed by atoms with van der Waals surface area (Å²) in [5.41, 5.74) is 0. The first kappa shape index (κ1) is 62.3. The summed E-state index contributed by atoms with van der Waals surface area (Å²) in [4.78, 5) is 26.2. The molecule has 378 valence electrons. The highest BCUT2D eigenvalue weighted by molar-refractivity contribution is 5.77. The number of nitrogens with one attached hydrogen (secondary N) is 1. The highest BCUT2D eigenvalue weighted by atomic mass is 16.5. The fraction of sp³-hybridized carbons (Fsp3) is 0.897. The highest BCUT2D eigenvalue weighted by Gasteiger charge is 2.24. The maximum atomic E-state index is 13.2. The molecule has 0 aromatic rings. The molecule has 1 amide bonds. The molecule has 64 heavy (non-hydrogen) atoms. The molecule has 0 rings (SSSR count). The Labute approximate surface area is 399 Å². The topological polar surface area (TPSA) is 95.9 Å². The van der Waals surface area contributed by atoms with Gasteiger partial charge in [0.2, 0.25) is 5.91 Å². The summed E-state index contributed by atoms with van der Waals surface area (Å²) in [6.07, 6.45) is 61.1. The lowest BCUT2D eigenvalue weighted by atomic mass is 10.0. The fourth-order valence-corrected chi connectivity index (χ4v) is 8.96. The second-order valence-corrected chi connectivity index (χ2v) is 19.7. The number of ether oxygens (including phenoxy) is 1. The lowest BCUT2D eigenvalue weighted by molar-refractivity contribution is -0.151. The largest absolute Gasteiger partial charge is 0.462 e. The Bertz CT molecular complexity index is 1010. The first-order chi connectivity index (χ1) is 31.5. The van der Waals surface area contributed by atoms with Crippen molar-refractivity contribution in [3.05, 3.63) is 24.3 Å². The smallest absolute Gasteiger partial charge is 0.306 e. The van der Waals surface area contributed by atoms with Crippen molar-refractivity contribution in [1.82, 2.24) is 5.32 Å². The Hall–Kier alpha value is -1.66. The van der Waals surface area contributed by atoms with E-state index in [1.165, 1.54) is 205 Å². The van der Waals surface area contributed by atoms with Gasteiger partial charge in [-0.15, -0.1) is 0 Å². The lowest BCUT2D eigenvalue weighted by Crippen LogP contribution is -2.46. The SMILES string of the molecule is CCCCCCCCC/C=C/C=C/CCCC(CC(=O)NC(CO)C(O)CCCCCCCCCCCCCC)OC(=O)CCCCCCCCCCCCCCCCCCCCC. The number of esters is 1. The van der Waals surface area contributed by atoms with Crippen LogP contribution in [-0.2, 0) is 14.3 Å². The van der Waals surface area contributed by atoms with Crippen molar-refractivity contribution in [2.24, 2.45) is 0 Å². The van der Waals surface area contributed by atoms with Crippen molar-refractivity contribution in [1.29, 1.82) is 0 Å². The van der Waals surface area contributed by atoms with Gasteiger partial charge in [-0.05, 0) is 44.9 Å². The number of amides is 1. The minimum atomic E-state index is -0.795. The minimum Gasteiger partial charge on any atom is -0.462 e. The van der Waals surface area contributed by atoms with E-state index in [1.807, 2.05) is 0 Å². The molecule has 6 nitrogen and oxygen atoms in total. The van der Waals surface area contributed by atoms with Crippen LogP contribution in [0.5, 0.6) is 0 Å². The van der Waals surface area contributed by atoms with Crippen molar-refractivity contribution in [3.63, 3.8) is 0 Å². The van der Waals surface area contributed by atoms with Gasteiger partial charge in [0.25, 0.3) is 0 Å². The van der Waals surface area contributed by atoms with Crippen LogP contribution < -0.4 is 5.32 Å². The van der Waals surface area contributed by atoms with E-state index in [1.54, 1.807) is 0 Å². The zero-order chi connectivity index (χ0) is 46.7. The predicted octanol–water partition coefficient (Wildman–Crippen LogP) is 17.5. The van der Waals surface area contributed by atoms with Gasteiger partial charge in [-0.25, -0.2) is 0 Å². The monoisotopic (exact) mass is 902 g/mol. The first-order valence-electron chi connectivity index (χ1n) is 28.6. The van der Waals surface area contributed by atoms with E-state index in [0.717, 1.165) is 57.8 Å². The molecule has 0 aliphatic rings.